The lowest BCUT2D eigenvalue weighted by atomic mass is 10.1. The monoisotopic (exact) mass is 509 g/mol. The van der Waals surface area contributed by atoms with E-state index in [9.17, 15) is 18.0 Å². The van der Waals surface area contributed by atoms with Gasteiger partial charge < -0.3 is 15.3 Å². The van der Waals surface area contributed by atoms with E-state index in [0.717, 1.165) is 12.3 Å². The summed E-state index contributed by atoms with van der Waals surface area (Å²) in [6.45, 7) is -0.593. The molecule has 0 radical (unpaired) electrons. The molecule has 3 N–H and O–H groups in total. The molecule has 0 atom stereocenters. The van der Waals surface area contributed by atoms with Gasteiger partial charge in [-0.05, 0) is 46.9 Å². The van der Waals surface area contributed by atoms with Crippen molar-refractivity contribution in [3.63, 3.8) is 0 Å². The topological polar surface area (TPSA) is 92.2 Å². The van der Waals surface area contributed by atoms with Gasteiger partial charge in [0, 0.05) is 9.13 Å². The summed E-state index contributed by atoms with van der Waals surface area (Å²) in [7, 11) is 1.20. The lowest BCUT2D eigenvalue weighted by Gasteiger charge is -2.15. The predicted molar refractivity (Wildman–Crippen MR) is 104 cm³/mol. The van der Waals surface area contributed by atoms with Crippen molar-refractivity contribution in [1.29, 1.82) is 0 Å². The number of halogens is 4. The van der Waals surface area contributed by atoms with Crippen molar-refractivity contribution in [1.82, 2.24) is 5.48 Å². The minimum absolute atomic E-state index is 0.164. The fraction of sp³-hybridized carbons (Fsp3) is 0.176. The van der Waals surface area contributed by atoms with Crippen LogP contribution in [-0.4, -0.2) is 37.6 Å². The van der Waals surface area contributed by atoms with Crippen molar-refractivity contribution >= 4 is 46.1 Å². The number of carbonyl (C=O) groups is 1. The van der Waals surface area contributed by atoms with E-state index < -0.39 is 29.0 Å². The zero-order chi connectivity index (χ0) is 20.7. The summed E-state index contributed by atoms with van der Waals surface area (Å²) in [6, 6.07) is 5.04. The quantitative estimate of drug-likeness (QED) is 0.220. The molecule has 0 aliphatic rings. The van der Waals surface area contributed by atoms with Crippen LogP contribution in [0.5, 0.6) is 0 Å². The van der Waals surface area contributed by atoms with E-state index >= 15 is 0 Å². The van der Waals surface area contributed by atoms with Gasteiger partial charge in [-0.15, -0.1) is 0 Å². The third-order valence-corrected chi connectivity index (χ3v) is 4.00. The van der Waals surface area contributed by atoms with E-state index in [4.69, 9.17) is 9.94 Å². The Kier molecular flexibility index (Phi) is 8.02. The number of nitrogens with zero attached hydrogens (tertiary/aromatic N) is 1. The van der Waals surface area contributed by atoms with Crippen LogP contribution in [-0.2, 0) is 9.68 Å². The fourth-order valence-electron chi connectivity index (χ4n) is 2.09. The number of oxime groups is 1. The smallest absolute Gasteiger partial charge is 0.277 e. The molecule has 0 heterocycles. The first kappa shape index (κ1) is 21.9. The SMILES string of the molecule is CON=Cc1cc(C(=O)NOCCO)c(Nc2ccc(I)cc2F)c(F)c1F. The molecule has 0 saturated carbocycles. The van der Waals surface area contributed by atoms with Gasteiger partial charge in [-0.1, -0.05) is 5.16 Å². The van der Waals surface area contributed by atoms with Gasteiger partial charge in [-0.3, -0.25) is 9.63 Å². The standard InChI is InChI=1S/C17H15F3IN3O4/c1-27-22-8-9-6-11(17(26)24-28-5-4-25)16(15(20)14(9)19)23-13-3-2-10(21)7-12(13)18/h2-3,6-8,23,25H,4-5H2,1H3,(H,24,26). The Balaban J connectivity index is 2.52. The summed E-state index contributed by atoms with van der Waals surface area (Å²) in [4.78, 5) is 21.5. The Morgan fingerprint density at radius 1 is 1.29 bits per heavy atom. The first-order chi connectivity index (χ1) is 13.4. The van der Waals surface area contributed by atoms with Gasteiger partial charge >= 0.3 is 0 Å². The second-order valence-corrected chi connectivity index (χ2v) is 6.43. The van der Waals surface area contributed by atoms with Crippen LogP contribution in [0.25, 0.3) is 0 Å². The van der Waals surface area contributed by atoms with E-state index in [1.165, 1.54) is 19.2 Å². The summed E-state index contributed by atoms with van der Waals surface area (Å²) < 4.78 is 43.7. The number of hydroxylamine groups is 1. The molecular weight excluding hydrogens is 494 g/mol. The molecule has 11 heteroatoms. The Morgan fingerprint density at radius 2 is 2.04 bits per heavy atom. The van der Waals surface area contributed by atoms with Crippen LogP contribution in [0.4, 0.5) is 24.5 Å². The Hall–Kier alpha value is -2.38. The lowest BCUT2D eigenvalue weighted by molar-refractivity contribution is 0.0168. The van der Waals surface area contributed by atoms with E-state index in [1.54, 1.807) is 6.07 Å². The maximum absolute atomic E-state index is 14.7. The molecule has 0 unspecified atom stereocenters. The third kappa shape index (κ3) is 5.33. The molecule has 0 aliphatic carbocycles. The second-order valence-electron chi connectivity index (χ2n) is 5.19. The highest BCUT2D eigenvalue weighted by Crippen LogP contribution is 2.30. The Morgan fingerprint density at radius 3 is 2.68 bits per heavy atom. The zero-order valence-electron chi connectivity index (χ0n) is 14.4. The van der Waals surface area contributed by atoms with Crippen molar-refractivity contribution in [3.05, 3.63) is 56.4 Å². The number of anilines is 2. The van der Waals surface area contributed by atoms with Crippen LogP contribution in [0.15, 0.2) is 29.4 Å². The number of rotatable bonds is 8. The average Bonchev–Trinajstić information content (AvgIpc) is 2.66. The molecular formula is C17H15F3IN3O4. The second kappa shape index (κ2) is 10.2. The fourth-order valence-corrected chi connectivity index (χ4v) is 2.55. The van der Waals surface area contributed by atoms with Gasteiger partial charge in [0.05, 0.1) is 36.4 Å². The molecule has 0 spiro atoms. The first-order valence-electron chi connectivity index (χ1n) is 7.72. The molecule has 0 saturated heterocycles. The molecule has 0 fully saturated rings. The van der Waals surface area contributed by atoms with Crippen LogP contribution in [0, 0.1) is 21.0 Å². The molecule has 2 rings (SSSR count). The zero-order valence-corrected chi connectivity index (χ0v) is 16.6. The van der Waals surface area contributed by atoms with Crippen LogP contribution in [0.1, 0.15) is 15.9 Å². The third-order valence-electron chi connectivity index (χ3n) is 3.33. The normalized spacial score (nSPS) is 10.9. The molecule has 2 aromatic rings. The van der Waals surface area contributed by atoms with Crippen LogP contribution in [0.3, 0.4) is 0 Å². The van der Waals surface area contributed by atoms with E-state index in [2.05, 4.69) is 15.3 Å². The molecule has 28 heavy (non-hydrogen) atoms. The maximum Gasteiger partial charge on any atom is 0.277 e. The van der Waals surface area contributed by atoms with Gasteiger partial charge in [-0.2, -0.15) is 0 Å². The number of hydrogen-bond acceptors (Lipinski definition) is 6. The summed E-state index contributed by atoms with van der Waals surface area (Å²) in [6.07, 6.45) is 0.874. The van der Waals surface area contributed by atoms with Crippen molar-refractivity contribution in [3.8, 4) is 0 Å². The number of aliphatic hydroxyl groups excluding tert-OH is 1. The molecule has 1 amide bonds. The summed E-state index contributed by atoms with van der Waals surface area (Å²) in [5.74, 6) is -4.42. The van der Waals surface area contributed by atoms with E-state index in [1.807, 2.05) is 28.1 Å². The van der Waals surface area contributed by atoms with Gasteiger partial charge in [0.25, 0.3) is 5.91 Å². The minimum Gasteiger partial charge on any atom is -0.399 e. The van der Waals surface area contributed by atoms with Crippen molar-refractivity contribution in [2.45, 2.75) is 0 Å². The number of nitrogens with one attached hydrogen (secondary N) is 2. The average molecular weight is 509 g/mol. The molecule has 2 aromatic carbocycles. The summed E-state index contributed by atoms with van der Waals surface area (Å²) in [5.41, 5.74) is 0.460. The molecule has 0 bridgehead atoms. The van der Waals surface area contributed by atoms with Gasteiger partial charge in [0.1, 0.15) is 12.9 Å². The Bertz CT molecular complexity index is 896. The molecule has 7 nitrogen and oxygen atoms in total. The first-order valence-corrected chi connectivity index (χ1v) is 8.80. The largest absolute Gasteiger partial charge is 0.399 e. The van der Waals surface area contributed by atoms with Crippen LogP contribution in [0.2, 0.25) is 0 Å². The number of benzene rings is 2. The minimum atomic E-state index is -1.43. The van der Waals surface area contributed by atoms with Crippen molar-refractivity contribution in [2.24, 2.45) is 5.16 Å². The van der Waals surface area contributed by atoms with Gasteiger partial charge in [0.2, 0.25) is 0 Å². The van der Waals surface area contributed by atoms with Crippen molar-refractivity contribution in [2.75, 3.05) is 25.6 Å². The maximum atomic E-state index is 14.7. The van der Waals surface area contributed by atoms with E-state index in [0.29, 0.717) is 3.57 Å². The van der Waals surface area contributed by atoms with Crippen molar-refractivity contribution < 1.29 is 32.7 Å². The summed E-state index contributed by atoms with van der Waals surface area (Å²) in [5, 5.41) is 14.4. The van der Waals surface area contributed by atoms with Gasteiger partial charge in [-0.25, -0.2) is 18.7 Å². The number of carbonyl (C=O) groups excluding carboxylic acids is 1. The highest BCUT2D eigenvalue weighted by atomic mass is 127. The van der Waals surface area contributed by atoms with Gasteiger partial charge in [0.15, 0.2) is 11.6 Å². The number of hydrogen-bond donors (Lipinski definition) is 3. The summed E-state index contributed by atoms with van der Waals surface area (Å²) >= 11 is 1.89. The van der Waals surface area contributed by atoms with E-state index in [-0.39, 0.29) is 30.0 Å². The highest BCUT2D eigenvalue weighted by Gasteiger charge is 2.23. The molecule has 150 valence electrons. The molecule has 0 aromatic heterocycles. The Labute approximate surface area is 171 Å². The highest BCUT2D eigenvalue weighted by molar-refractivity contribution is 14.1. The predicted octanol–water partition coefficient (Wildman–Crippen LogP) is 3.09. The number of amides is 1. The van der Waals surface area contributed by atoms with Crippen LogP contribution >= 0.6 is 22.6 Å². The number of aliphatic hydroxyl groups is 1. The van der Waals surface area contributed by atoms with Crippen LogP contribution < -0.4 is 10.8 Å². The lowest BCUT2D eigenvalue weighted by Crippen LogP contribution is -2.26. The molecule has 0 aliphatic heterocycles.